The van der Waals surface area contributed by atoms with Crippen molar-refractivity contribution < 1.29 is 8.42 Å². The van der Waals surface area contributed by atoms with E-state index in [1.807, 2.05) is 0 Å². The Bertz CT molecular complexity index is 406. The van der Waals surface area contributed by atoms with Crippen molar-refractivity contribution in [1.82, 2.24) is 4.72 Å². The second-order valence-corrected chi connectivity index (χ2v) is 5.43. The molecular weight excluding hydrogens is 245 g/mol. The van der Waals surface area contributed by atoms with Crippen molar-refractivity contribution >= 4 is 33.2 Å². The van der Waals surface area contributed by atoms with Crippen LogP contribution in [0.15, 0.2) is 24.3 Å². The molecule has 0 atom stereocenters. The standard InChI is InChI=1S/C8H9Cl2NO2S/c9-6-14(12,13)11-5-7-3-1-2-4-8(7)10/h1-4,11H,5-6H2. The molecule has 0 aliphatic rings. The van der Waals surface area contributed by atoms with Crippen molar-refractivity contribution in [3.8, 4) is 0 Å². The Labute approximate surface area is 93.1 Å². The van der Waals surface area contributed by atoms with E-state index in [-0.39, 0.29) is 6.54 Å². The second-order valence-electron chi connectivity index (χ2n) is 2.64. The van der Waals surface area contributed by atoms with Gasteiger partial charge in [-0.2, -0.15) is 0 Å². The normalized spacial score (nSPS) is 11.6. The number of halogens is 2. The molecule has 6 heteroatoms. The first-order valence-corrected chi connectivity index (χ1v) is 6.38. The SMILES string of the molecule is O=S(=O)(CCl)NCc1ccccc1Cl. The van der Waals surface area contributed by atoms with Gasteiger partial charge in [0.15, 0.2) is 0 Å². The molecule has 1 N–H and O–H groups in total. The lowest BCUT2D eigenvalue weighted by atomic mass is 10.2. The smallest absolute Gasteiger partial charge is 0.211 e. The summed E-state index contributed by atoms with van der Waals surface area (Å²) in [6, 6.07) is 7.02. The Morgan fingerprint density at radius 3 is 2.50 bits per heavy atom. The van der Waals surface area contributed by atoms with E-state index in [4.69, 9.17) is 23.2 Å². The second kappa shape index (κ2) is 4.98. The lowest BCUT2D eigenvalue weighted by Crippen LogP contribution is -2.23. The average molecular weight is 254 g/mol. The highest BCUT2D eigenvalue weighted by Crippen LogP contribution is 2.14. The van der Waals surface area contributed by atoms with Gasteiger partial charge in [0, 0.05) is 11.6 Å². The van der Waals surface area contributed by atoms with Crippen molar-refractivity contribution in [2.75, 3.05) is 5.21 Å². The lowest BCUT2D eigenvalue weighted by Gasteiger charge is -2.05. The molecule has 0 fully saturated rings. The summed E-state index contributed by atoms with van der Waals surface area (Å²) < 4.78 is 24.3. The van der Waals surface area contributed by atoms with Crippen LogP contribution < -0.4 is 4.72 Å². The van der Waals surface area contributed by atoms with E-state index in [0.29, 0.717) is 5.02 Å². The molecule has 0 amide bonds. The Morgan fingerprint density at radius 1 is 1.29 bits per heavy atom. The number of sulfonamides is 1. The van der Waals surface area contributed by atoms with E-state index in [0.717, 1.165) is 5.56 Å². The van der Waals surface area contributed by atoms with Gasteiger partial charge >= 0.3 is 0 Å². The third kappa shape index (κ3) is 3.46. The van der Waals surface area contributed by atoms with E-state index in [1.165, 1.54) is 0 Å². The van der Waals surface area contributed by atoms with E-state index < -0.39 is 15.2 Å². The van der Waals surface area contributed by atoms with Crippen LogP contribution in [0.4, 0.5) is 0 Å². The fourth-order valence-corrected chi connectivity index (χ4v) is 1.75. The van der Waals surface area contributed by atoms with E-state index >= 15 is 0 Å². The molecule has 14 heavy (non-hydrogen) atoms. The molecule has 0 heterocycles. The number of alkyl halides is 1. The van der Waals surface area contributed by atoms with Gasteiger partial charge in [-0.15, -0.1) is 11.6 Å². The van der Waals surface area contributed by atoms with Crippen molar-refractivity contribution in [3.63, 3.8) is 0 Å². The minimum atomic E-state index is -3.38. The Kier molecular flexibility index (Phi) is 4.19. The van der Waals surface area contributed by atoms with Gasteiger partial charge in [-0.05, 0) is 11.6 Å². The molecular formula is C8H9Cl2NO2S. The molecule has 0 bridgehead atoms. The lowest BCUT2D eigenvalue weighted by molar-refractivity contribution is 0.586. The fraction of sp³-hybridized carbons (Fsp3) is 0.250. The van der Waals surface area contributed by atoms with Crippen molar-refractivity contribution in [3.05, 3.63) is 34.9 Å². The van der Waals surface area contributed by atoms with E-state index in [9.17, 15) is 8.42 Å². The maximum absolute atomic E-state index is 11.0. The van der Waals surface area contributed by atoms with Gasteiger partial charge in [0.25, 0.3) is 0 Å². The van der Waals surface area contributed by atoms with Gasteiger partial charge in [0.2, 0.25) is 10.0 Å². The number of benzene rings is 1. The first-order chi connectivity index (χ1) is 6.55. The minimum Gasteiger partial charge on any atom is -0.211 e. The van der Waals surface area contributed by atoms with Crippen LogP contribution in [0, 0.1) is 0 Å². The predicted molar refractivity (Wildman–Crippen MR) is 57.9 cm³/mol. The van der Waals surface area contributed by atoms with Crippen LogP contribution in [0.2, 0.25) is 5.02 Å². The average Bonchev–Trinajstić information content (AvgIpc) is 2.17. The fourth-order valence-electron chi connectivity index (χ4n) is 0.868. The van der Waals surface area contributed by atoms with E-state index in [1.54, 1.807) is 24.3 Å². The number of rotatable bonds is 4. The molecule has 0 aliphatic carbocycles. The van der Waals surface area contributed by atoms with E-state index in [2.05, 4.69) is 4.72 Å². The van der Waals surface area contributed by atoms with Crippen molar-refractivity contribution in [1.29, 1.82) is 0 Å². The molecule has 0 radical (unpaired) electrons. The van der Waals surface area contributed by atoms with Gasteiger partial charge in [-0.3, -0.25) is 0 Å². The summed E-state index contributed by atoms with van der Waals surface area (Å²) in [7, 11) is -3.38. The highest BCUT2D eigenvalue weighted by molar-refractivity contribution is 7.90. The minimum absolute atomic E-state index is 0.161. The molecule has 0 unspecified atom stereocenters. The van der Waals surface area contributed by atoms with Gasteiger partial charge in [0.05, 0.1) is 0 Å². The molecule has 0 aliphatic heterocycles. The van der Waals surface area contributed by atoms with Crippen LogP contribution in [0.5, 0.6) is 0 Å². The Morgan fingerprint density at radius 2 is 1.93 bits per heavy atom. The highest BCUT2D eigenvalue weighted by Gasteiger charge is 2.08. The number of hydrogen-bond donors (Lipinski definition) is 1. The summed E-state index contributed by atoms with van der Waals surface area (Å²) in [5.41, 5.74) is 0.725. The summed E-state index contributed by atoms with van der Waals surface area (Å²) in [5, 5.41) is 0.0852. The van der Waals surface area contributed by atoms with Gasteiger partial charge in [0.1, 0.15) is 5.21 Å². The van der Waals surface area contributed by atoms with Crippen LogP contribution in [0.25, 0.3) is 0 Å². The zero-order valence-corrected chi connectivity index (χ0v) is 9.53. The summed E-state index contributed by atoms with van der Waals surface area (Å²) in [5.74, 6) is 0. The van der Waals surface area contributed by atoms with Crippen LogP contribution in [0.3, 0.4) is 0 Å². The summed E-state index contributed by atoms with van der Waals surface area (Å²) in [6.45, 7) is 0.161. The van der Waals surface area contributed by atoms with Crippen LogP contribution in [-0.2, 0) is 16.6 Å². The zero-order chi connectivity index (χ0) is 10.6. The maximum Gasteiger partial charge on any atom is 0.225 e. The third-order valence-corrected chi connectivity index (χ3v) is 3.69. The van der Waals surface area contributed by atoms with Gasteiger partial charge in [-0.25, -0.2) is 13.1 Å². The molecule has 78 valence electrons. The summed E-state index contributed by atoms with van der Waals surface area (Å²) >= 11 is 11.0. The predicted octanol–water partition coefficient (Wildman–Crippen LogP) is 1.96. The molecule has 0 aromatic heterocycles. The first-order valence-electron chi connectivity index (χ1n) is 3.82. The maximum atomic E-state index is 11.0. The molecule has 1 rings (SSSR count). The van der Waals surface area contributed by atoms with Crippen LogP contribution in [0.1, 0.15) is 5.56 Å². The van der Waals surface area contributed by atoms with Crippen LogP contribution in [-0.4, -0.2) is 13.6 Å². The Balaban J connectivity index is 2.68. The van der Waals surface area contributed by atoms with Crippen molar-refractivity contribution in [2.45, 2.75) is 6.54 Å². The van der Waals surface area contributed by atoms with Gasteiger partial charge in [-0.1, -0.05) is 29.8 Å². The quantitative estimate of drug-likeness (QED) is 0.835. The summed E-state index contributed by atoms with van der Waals surface area (Å²) in [4.78, 5) is 0. The molecule has 3 nitrogen and oxygen atoms in total. The third-order valence-electron chi connectivity index (χ3n) is 1.58. The first kappa shape index (κ1) is 11.8. The molecule has 0 saturated carbocycles. The summed E-state index contributed by atoms with van der Waals surface area (Å²) in [6.07, 6.45) is 0. The van der Waals surface area contributed by atoms with Crippen molar-refractivity contribution in [2.24, 2.45) is 0 Å². The number of hydrogen-bond acceptors (Lipinski definition) is 2. The molecule has 0 spiro atoms. The topological polar surface area (TPSA) is 46.2 Å². The zero-order valence-electron chi connectivity index (χ0n) is 7.20. The molecule has 0 saturated heterocycles. The monoisotopic (exact) mass is 253 g/mol. The largest absolute Gasteiger partial charge is 0.225 e. The number of nitrogens with one attached hydrogen (secondary N) is 1. The Hall–Kier alpha value is -0.290. The molecule has 1 aromatic carbocycles. The molecule has 1 aromatic rings. The highest BCUT2D eigenvalue weighted by atomic mass is 35.5. The van der Waals surface area contributed by atoms with Gasteiger partial charge < -0.3 is 0 Å². The van der Waals surface area contributed by atoms with Crippen LogP contribution >= 0.6 is 23.2 Å².